The maximum atomic E-state index is 9.04. The van der Waals surface area contributed by atoms with Gasteiger partial charge in [-0.15, -0.1) is 0 Å². The first kappa shape index (κ1) is 9.33. The van der Waals surface area contributed by atoms with Crippen molar-refractivity contribution in [3.8, 4) is 0 Å². The van der Waals surface area contributed by atoms with E-state index < -0.39 is 0 Å². The molecule has 5 nitrogen and oxygen atoms in total. The Hall–Kier alpha value is -1.23. The van der Waals surface area contributed by atoms with Gasteiger partial charge in [0.15, 0.2) is 5.82 Å². The first-order chi connectivity index (χ1) is 6.74. The Morgan fingerprint density at radius 3 is 2.50 bits per heavy atom. The van der Waals surface area contributed by atoms with E-state index in [0.29, 0.717) is 23.2 Å². The van der Waals surface area contributed by atoms with Gasteiger partial charge in [0.25, 0.3) is 0 Å². The van der Waals surface area contributed by atoms with Gasteiger partial charge in [-0.3, -0.25) is 0 Å². The second-order valence-electron chi connectivity index (χ2n) is 3.79. The fourth-order valence-electron chi connectivity index (χ4n) is 2.09. The molecule has 14 heavy (non-hydrogen) atoms. The minimum absolute atomic E-state index is 0.135. The van der Waals surface area contributed by atoms with Crippen molar-refractivity contribution in [2.24, 2.45) is 0 Å². The monoisotopic (exact) mass is 196 g/mol. The van der Waals surface area contributed by atoms with Crippen LogP contribution < -0.4 is 11.5 Å². The molecule has 0 amide bonds. The molecule has 1 heterocycles. The predicted octanol–water partition coefficient (Wildman–Crippen LogP) is 0.655. The molecule has 1 aromatic rings. The molecule has 1 aromatic heterocycles. The molecule has 0 spiro atoms. The maximum absolute atomic E-state index is 9.04. The smallest absolute Gasteiger partial charge is 0.153 e. The molecule has 1 aliphatic rings. The Kier molecular flexibility index (Phi) is 2.33. The molecule has 0 aliphatic heterocycles. The van der Waals surface area contributed by atoms with Crippen LogP contribution in [0, 0.1) is 0 Å². The Bertz CT molecular complexity index is 328. The van der Waals surface area contributed by atoms with Gasteiger partial charge in [0, 0.05) is 0 Å². The molecule has 1 saturated carbocycles. The SMILES string of the molecule is Nc1nn(C2CCCC2)c(N)c1CO. The van der Waals surface area contributed by atoms with Crippen LogP contribution in [0.3, 0.4) is 0 Å². The number of nitrogens with two attached hydrogens (primary N) is 2. The van der Waals surface area contributed by atoms with Gasteiger partial charge < -0.3 is 16.6 Å². The van der Waals surface area contributed by atoms with Gasteiger partial charge in [-0.25, -0.2) is 4.68 Å². The number of aliphatic hydroxyl groups is 1. The summed E-state index contributed by atoms with van der Waals surface area (Å²) < 4.78 is 1.77. The van der Waals surface area contributed by atoms with Crippen LogP contribution in [-0.2, 0) is 6.61 Å². The van der Waals surface area contributed by atoms with E-state index in [2.05, 4.69) is 5.10 Å². The minimum Gasteiger partial charge on any atom is -0.391 e. The van der Waals surface area contributed by atoms with Crippen LogP contribution in [-0.4, -0.2) is 14.9 Å². The Balaban J connectivity index is 2.33. The summed E-state index contributed by atoms with van der Waals surface area (Å²) in [6.07, 6.45) is 4.66. The number of aliphatic hydroxyl groups excluding tert-OH is 1. The van der Waals surface area contributed by atoms with Crippen molar-refractivity contribution in [1.29, 1.82) is 0 Å². The average molecular weight is 196 g/mol. The van der Waals surface area contributed by atoms with E-state index in [-0.39, 0.29) is 6.61 Å². The minimum atomic E-state index is -0.135. The molecule has 2 rings (SSSR count). The lowest BCUT2D eigenvalue weighted by Gasteiger charge is -2.11. The van der Waals surface area contributed by atoms with Crippen LogP contribution in [0.2, 0.25) is 0 Å². The molecule has 1 fully saturated rings. The topological polar surface area (TPSA) is 90.1 Å². The van der Waals surface area contributed by atoms with Crippen molar-refractivity contribution < 1.29 is 5.11 Å². The number of anilines is 2. The highest BCUT2D eigenvalue weighted by atomic mass is 16.3. The number of hydrogen-bond acceptors (Lipinski definition) is 4. The van der Waals surface area contributed by atoms with Crippen molar-refractivity contribution in [3.05, 3.63) is 5.56 Å². The number of nitrogen functional groups attached to an aromatic ring is 2. The molecule has 0 atom stereocenters. The molecule has 78 valence electrons. The summed E-state index contributed by atoms with van der Waals surface area (Å²) in [5.41, 5.74) is 12.1. The van der Waals surface area contributed by atoms with Crippen LogP contribution in [0.1, 0.15) is 37.3 Å². The van der Waals surface area contributed by atoms with Gasteiger partial charge in [0.1, 0.15) is 5.82 Å². The summed E-state index contributed by atoms with van der Waals surface area (Å²) in [6, 6.07) is 0.373. The van der Waals surface area contributed by atoms with Crippen molar-refractivity contribution in [3.63, 3.8) is 0 Å². The number of rotatable bonds is 2. The van der Waals surface area contributed by atoms with E-state index in [1.165, 1.54) is 12.8 Å². The fraction of sp³-hybridized carbons (Fsp3) is 0.667. The first-order valence-corrected chi connectivity index (χ1v) is 4.97. The predicted molar refractivity (Wildman–Crippen MR) is 54.5 cm³/mol. The van der Waals surface area contributed by atoms with Crippen LogP contribution in [0.4, 0.5) is 11.6 Å². The first-order valence-electron chi connectivity index (χ1n) is 4.97. The fourth-order valence-corrected chi connectivity index (χ4v) is 2.09. The van der Waals surface area contributed by atoms with Crippen LogP contribution in [0.15, 0.2) is 0 Å². The lowest BCUT2D eigenvalue weighted by atomic mass is 10.2. The van der Waals surface area contributed by atoms with Gasteiger partial charge in [-0.1, -0.05) is 12.8 Å². The van der Waals surface area contributed by atoms with E-state index in [4.69, 9.17) is 16.6 Å². The molecule has 0 bridgehead atoms. The molecule has 0 radical (unpaired) electrons. The summed E-state index contributed by atoms with van der Waals surface area (Å²) >= 11 is 0. The molecule has 5 N–H and O–H groups in total. The lowest BCUT2D eigenvalue weighted by molar-refractivity contribution is 0.283. The summed E-state index contributed by atoms with van der Waals surface area (Å²) in [5.74, 6) is 0.883. The lowest BCUT2D eigenvalue weighted by Crippen LogP contribution is -2.10. The quantitative estimate of drug-likeness (QED) is 0.648. The third-order valence-electron chi connectivity index (χ3n) is 2.91. The van der Waals surface area contributed by atoms with E-state index in [9.17, 15) is 0 Å². The highest BCUT2D eigenvalue weighted by Gasteiger charge is 2.22. The highest BCUT2D eigenvalue weighted by Crippen LogP contribution is 2.33. The van der Waals surface area contributed by atoms with Gasteiger partial charge in [0.05, 0.1) is 18.2 Å². The highest BCUT2D eigenvalue weighted by molar-refractivity contribution is 5.53. The summed E-state index contributed by atoms with van der Waals surface area (Å²) in [7, 11) is 0. The Labute approximate surface area is 82.7 Å². The summed E-state index contributed by atoms with van der Waals surface area (Å²) in [4.78, 5) is 0. The third-order valence-corrected chi connectivity index (χ3v) is 2.91. The number of hydrogen-bond donors (Lipinski definition) is 3. The standard InChI is InChI=1S/C9H16N4O/c10-8-7(5-14)9(11)13(12-8)6-3-1-2-4-6/h6,14H,1-5,11H2,(H2,10,12). The van der Waals surface area contributed by atoms with Gasteiger partial charge in [-0.2, -0.15) is 5.10 Å². The van der Waals surface area contributed by atoms with E-state index in [0.717, 1.165) is 12.8 Å². The largest absolute Gasteiger partial charge is 0.391 e. The Morgan fingerprint density at radius 2 is 2.00 bits per heavy atom. The molecule has 0 saturated heterocycles. The van der Waals surface area contributed by atoms with Crippen molar-refractivity contribution in [1.82, 2.24) is 9.78 Å². The van der Waals surface area contributed by atoms with Crippen molar-refractivity contribution >= 4 is 11.6 Å². The molecule has 0 aromatic carbocycles. The van der Waals surface area contributed by atoms with Crippen LogP contribution in [0.25, 0.3) is 0 Å². The summed E-state index contributed by atoms with van der Waals surface area (Å²) in [6.45, 7) is -0.135. The Morgan fingerprint density at radius 1 is 1.36 bits per heavy atom. The number of nitrogens with zero attached hydrogens (tertiary/aromatic N) is 2. The third kappa shape index (κ3) is 1.33. The molecular weight excluding hydrogens is 180 g/mol. The zero-order valence-corrected chi connectivity index (χ0v) is 8.11. The van der Waals surface area contributed by atoms with Gasteiger partial charge in [-0.05, 0) is 12.8 Å². The van der Waals surface area contributed by atoms with Crippen molar-refractivity contribution in [2.75, 3.05) is 11.5 Å². The van der Waals surface area contributed by atoms with E-state index >= 15 is 0 Å². The van der Waals surface area contributed by atoms with Gasteiger partial charge in [0.2, 0.25) is 0 Å². The molecular formula is C9H16N4O. The average Bonchev–Trinajstić information content (AvgIpc) is 2.74. The molecule has 0 unspecified atom stereocenters. The maximum Gasteiger partial charge on any atom is 0.153 e. The van der Waals surface area contributed by atoms with E-state index in [1.807, 2.05) is 0 Å². The zero-order valence-electron chi connectivity index (χ0n) is 8.11. The van der Waals surface area contributed by atoms with Crippen molar-refractivity contribution in [2.45, 2.75) is 38.3 Å². The zero-order chi connectivity index (χ0) is 10.1. The normalized spacial score (nSPS) is 17.8. The van der Waals surface area contributed by atoms with E-state index in [1.54, 1.807) is 4.68 Å². The summed E-state index contributed by atoms with van der Waals surface area (Å²) in [5, 5.41) is 13.2. The second kappa shape index (κ2) is 3.49. The molecule has 1 aliphatic carbocycles. The second-order valence-corrected chi connectivity index (χ2v) is 3.79. The van der Waals surface area contributed by atoms with Gasteiger partial charge >= 0.3 is 0 Å². The molecule has 5 heteroatoms. The van der Waals surface area contributed by atoms with Crippen LogP contribution >= 0.6 is 0 Å². The number of aromatic nitrogens is 2. The van der Waals surface area contributed by atoms with Crippen LogP contribution in [0.5, 0.6) is 0 Å².